The first-order valence-corrected chi connectivity index (χ1v) is 8.42. The van der Waals surface area contributed by atoms with E-state index < -0.39 is 0 Å². The van der Waals surface area contributed by atoms with Gasteiger partial charge in [0.2, 0.25) is 0 Å². The highest BCUT2D eigenvalue weighted by Gasteiger charge is 2.14. The molecule has 0 unspecified atom stereocenters. The van der Waals surface area contributed by atoms with Gasteiger partial charge in [-0.3, -0.25) is 0 Å². The summed E-state index contributed by atoms with van der Waals surface area (Å²) in [7, 11) is 1.61. The maximum Gasteiger partial charge on any atom is 0.168 e. The molecule has 1 N–H and O–H groups in total. The number of ether oxygens (including phenoxy) is 1. The highest BCUT2D eigenvalue weighted by Crippen LogP contribution is 2.32. The number of methoxy groups -OCH3 is 1. The van der Waals surface area contributed by atoms with Crippen LogP contribution in [-0.4, -0.2) is 26.9 Å². The molecule has 26 heavy (non-hydrogen) atoms. The molecule has 0 saturated heterocycles. The number of hydrogen-bond donors (Lipinski definition) is 1. The van der Waals surface area contributed by atoms with Gasteiger partial charge in [-0.15, -0.1) is 0 Å². The summed E-state index contributed by atoms with van der Waals surface area (Å²) in [5, 5.41) is 9.20. The monoisotopic (exact) mass is 365 g/mol. The van der Waals surface area contributed by atoms with Crippen LogP contribution in [0.1, 0.15) is 5.82 Å². The predicted octanol–water partition coefficient (Wildman–Crippen LogP) is 4.53. The second-order valence-electron chi connectivity index (χ2n) is 5.72. The maximum atomic E-state index is 6.13. The Kier molecular flexibility index (Phi) is 4.18. The van der Waals surface area contributed by atoms with Crippen LogP contribution in [0.4, 0.5) is 11.5 Å². The van der Waals surface area contributed by atoms with Gasteiger partial charge in [-0.05, 0) is 37.3 Å². The molecule has 4 rings (SSSR count). The summed E-state index contributed by atoms with van der Waals surface area (Å²) in [6, 6.07) is 15.2. The Labute approximate surface area is 155 Å². The molecule has 0 aliphatic heterocycles. The highest BCUT2D eigenvalue weighted by molar-refractivity contribution is 6.31. The van der Waals surface area contributed by atoms with Crippen molar-refractivity contribution < 1.29 is 4.74 Å². The molecule has 4 aromatic rings. The Morgan fingerprint density at radius 1 is 1.08 bits per heavy atom. The van der Waals surface area contributed by atoms with Crippen LogP contribution in [0, 0.1) is 6.92 Å². The molecule has 0 aliphatic carbocycles. The zero-order valence-corrected chi connectivity index (χ0v) is 15.0. The number of nitrogens with one attached hydrogen (secondary N) is 1. The molecule has 0 saturated carbocycles. The second-order valence-corrected chi connectivity index (χ2v) is 6.15. The van der Waals surface area contributed by atoms with Gasteiger partial charge in [-0.1, -0.05) is 29.8 Å². The molecule has 0 amide bonds. The van der Waals surface area contributed by atoms with Gasteiger partial charge in [0.1, 0.15) is 17.4 Å². The number of anilines is 2. The molecule has 6 nitrogen and oxygen atoms in total. The van der Waals surface area contributed by atoms with E-state index in [1.807, 2.05) is 43.3 Å². The summed E-state index contributed by atoms with van der Waals surface area (Å²) in [6.45, 7) is 1.85. The molecule has 2 heterocycles. The Morgan fingerprint density at radius 2 is 1.88 bits per heavy atom. The molecule has 0 fully saturated rings. The van der Waals surface area contributed by atoms with Crippen LogP contribution in [0.3, 0.4) is 0 Å². The van der Waals surface area contributed by atoms with Crippen LogP contribution in [0.5, 0.6) is 5.75 Å². The quantitative estimate of drug-likeness (QED) is 0.575. The van der Waals surface area contributed by atoms with Gasteiger partial charge in [0.25, 0.3) is 0 Å². The minimum Gasteiger partial charge on any atom is -0.495 e. The number of hydrogen-bond acceptors (Lipinski definition) is 5. The molecular formula is C19H16ClN5O. The first kappa shape index (κ1) is 16.4. The van der Waals surface area contributed by atoms with Crippen molar-refractivity contribution in [3.05, 3.63) is 65.6 Å². The first-order chi connectivity index (χ1) is 12.7. The van der Waals surface area contributed by atoms with E-state index in [1.165, 1.54) is 0 Å². The van der Waals surface area contributed by atoms with Crippen molar-refractivity contribution in [1.82, 2.24) is 19.7 Å². The Balaban J connectivity index is 1.84. The number of nitrogens with zero attached hydrogens (tertiary/aromatic N) is 4. The van der Waals surface area contributed by atoms with Crippen molar-refractivity contribution in [2.75, 3.05) is 12.4 Å². The van der Waals surface area contributed by atoms with Gasteiger partial charge in [0.05, 0.1) is 30.1 Å². The third-order valence-corrected chi connectivity index (χ3v) is 4.19. The fourth-order valence-corrected chi connectivity index (χ4v) is 2.95. The van der Waals surface area contributed by atoms with Crippen LogP contribution < -0.4 is 10.1 Å². The molecule has 7 heteroatoms. The molecule has 0 atom stereocenters. The van der Waals surface area contributed by atoms with Crippen molar-refractivity contribution in [3.63, 3.8) is 0 Å². The fourth-order valence-electron chi connectivity index (χ4n) is 2.78. The molecule has 130 valence electrons. The van der Waals surface area contributed by atoms with Gasteiger partial charge in [-0.2, -0.15) is 5.10 Å². The van der Waals surface area contributed by atoms with Crippen molar-refractivity contribution >= 4 is 34.1 Å². The summed E-state index contributed by atoms with van der Waals surface area (Å²) >= 11 is 6.13. The SMILES string of the molecule is COc1ccc(Cl)cc1Nc1nc(C)nc2c1cnn2-c1ccccc1. The molecule has 0 bridgehead atoms. The van der Waals surface area contributed by atoms with Gasteiger partial charge in [-0.25, -0.2) is 14.6 Å². The number of aryl methyl sites for hydroxylation is 1. The van der Waals surface area contributed by atoms with Crippen LogP contribution in [-0.2, 0) is 0 Å². The van der Waals surface area contributed by atoms with Gasteiger partial charge in [0.15, 0.2) is 5.65 Å². The summed E-state index contributed by atoms with van der Waals surface area (Å²) in [4.78, 5) is 9.10. The minimum absolute atomic E-state index is 0.607. The van der Waals surface area contributed by atoms with Crippen LogP contribution in [0.15, 0.2) is 54.7 Å². The number of halogens is 1. The fraction of sp³-hybridized carbons (Fsp3) is 0.105. The number of aromatic nitrogens is 4. The minimum atomic E-state index is 0.607. The van der Waals surface area contributed by atoms with Crippen molar-refractivity contribution in [2.24, 2.45) is 0 Å². The lowest BCUT2D eigenvalue weighted by molar-refractivity contribution is 0.417. The van der Waals surface area contributed by atoms with Crippen molar-refractivity contribution in [3.8, 4) is 11.4 Å². The first-order valence-electron chi connectivity index (χ1n) is 8.04. The number of rotatable bonds is 4. The standard InChI is InChI=1S/C19H16ClN5O/c1-12-22-18(24-16-10-13(20)8-9-17(16)26-2)15-11-21-25(19(15)23-12)14-6-4-3-5-7-14/h3-11H,1-2H3,(H,22,23,24). The Bertz CT molecular complexity index is 1080. The Morgan fingerprint density at radius 3 is 2.65 bits per heavy atom. The maximum absolute atomic E-state index is 6.13. The van der Waals surface area contributed by atoms with Crippen LogP contribution in [0.25, 0.3) is 16.7 Å². The largest absolute Gasteiger partial charge is 0.495 e. The molecular weight excluding hydrogens is 350 g/mol. The summed E-state index contributed by atoms with van der Waals surface area (Å²) < 4.78 is 7.20. The zero-order valence-electron chi connectivity index (χ0n) is 14.3. The average molecular weight is 366 g/mol. The van der Waals surface area contributed by atoms with Gasteiger partial charge < -0.3 is 10.1 Å². The van der Waals surface area contributed by atoms with Gasteiger partial charge >= 0.3 is 0 Å². The van der Waals surface area contributed by atoms with E-state index in [9.17, 15) is 0 Å². The molecule has 0 radical (unpaired) electrons. The van der Waals surface area contributed by atoms with Crippen LogP contribution in [0.2, 0.25) is 5.02 Å². The zero-order chi connectivity index (χ0) is 18.1. The van der Waals surface area contributed by atoms with Crippen molar-refractivity contribution in [2.45, 2.75) is 6.92 Å². The molecule has 0 spiro atoms. The number of para-hydroxylation sites is 1. The third-order valence-electron chi connectivity index (χ3n) is 3.96. The lowest BCUT2D eigenvalue weighted by Gasteiger charge is -2.12. The third kappa shape index (κ3) is 2.95. The lowest BCUT2D eigenvalue weighted by atomic mass is 10.2. The normalized spacial score (nSPS) is 10.9. The molecule has 2 aromatic heterocycles. The highest BCUT2D eigenvalue weighted by atomic mass is 35.5. The van der Waals surface area contributed by atoms with E-state index in [0.29, 0.717) is 22.4 Å². The van der Waals surface area contributed by atoms with E-state index in [2.05, 4.69) is 20.4 Å². The number of fused-ring (bicyclic) bond motifs is 1. The van der Waals surface area contributed by atoms with Gasteiger partial charge in [0, 0.05) is 5.02 Å². The van der Waals surface area contributed by atoms with E-state index in [1.54, 1.807) is 30.1 Å². The second kappa shape index (κ2) is 6.65. The molecule has 0 aliphatic rings. The summed E-state index contributed by atoms with van der Waals surface area (Å²) in [5.41, 5.74) is 2.39. The van der Waals surface area contributed by atoms with Crippen molar-refractivity contribution in [1.29, 1.82) is 0 Å². The predicted molar refractivity (Wildman–Crippen MR) is 103 cm³/mol. The topological polar surface area (TPSA) is 64.9 Å². The van der Waals surface area contributed by atoms with Crippen LogP contribution >= 0.6 is 11.6 Å². The van der Waals surface area contributed by atoms with E-state index >= 15 is 0 Å². The van der Waals surface area contributed by atoms with E-state index in [0.717, 1.165) is 22.4 Å². The van der Waals surface area contributed by atoms with E-state index in [-0.39, 0.29) is 0 Å². The summed E-state index contributed by atoms with van der Waals surface area (Å²) in [5.74, 6) is 1.96. The summed E-state index contributed by atoms with van der Waals surface area (Å²) in [6.07, 6.45) is 1.75. The number of benzene rings is 2. The smallest absolute Gasteiger partial charge is 0.168 e. The Hall–Kier alpha value is -3.12. The van der Waals surface area contributed by atoms with E-state index in [4.69, 9.17) is 16.3 Å². The average Bonchev–Trinajstić information content (AvgIpc) is 3.06. The molecule has 2 aromatic carbocycles. The lowest BCUT2D eigenvalue weighted by Crippen LogP contribution is -2.02.